The van der Waals surface area contributed by atoms with Gasteiger partial charge in [0, 0.05) is 17.3 Å². The third kappa shape index (κ3) is 4.11. The summed E-state index contributed by atoms with van der Waals surface area (Å²) in [6, 6.07) is 24.2. The lowest BCUT2D eigenvalue weighted by Gasteiger charge is -2.28. The molecule has 156 valence electrons. The Morgan fingerprint density at radius 3 is 2.65 bits per heavy atom. The number of ether oxygens (including phenoxy) is 1. The molecule has 6 heteroatoms. The van der Waals surface area contributed by atoms with Gasteiger partial charge in [0.15, 0.2) is 0 Å². The molecule has 0 N–H and O–H groups in total. The van der Waals surface area contributed by atoms with Gasteiger partial charge in [0.2, 0.25) is 0 Å². The van der Waals surface area contributed by atoms with Crippen molar-refractivity contribution in [3.63, 3.8) is 0 Å². The molecule has 1 saturated heterocycles. The van der Waals surface area contributed by atoms with Crippen molar-refractivity contribution in [2.45, 2.75) is 13.5 Å². The second-order valence-electron chi connectivity index (χ2n) is 7.17. The first-order valence-corrected chi connectivity index (χ1v) is 10.2. The summed E-state index contributed by atoms with van der Waals surface area (Å²) in [5, 5.41) is 7.88. The van der Waals surface area contributed by atoms with Crippen LogP contribution in [0.5, 0.6) is 0 Å². The van der Waals surface area contributed by atoms with Crippen molar-refractivity contribution >= 4 is 34.0 Å². The summed E-state index contributed by atoms with van der Waals surface area (Å²) in [7, 11) is 0. The molecule has 0 radical (unpaired) electrons. The van der Waals surface area contributed by atoms with Crippen LogP contribution < -0.4 is 0 Å². The number of fused-ring (bicyclic) bond motifs is 3. The van der Waals surface area contributed by atoms with Gasteiger partial charge >= 0.3 is 6.02 Å². The van der Waals surface area contributed by atoms with E-state index in [1.165, 1.54) is 0 Å². The Balaban J connectivity index is 1.37. The molecule has 1 fully saturated rings. The van der Waals surface area contributed by atoms with E-state index in [9.17, 15) is 0 Å². The van der Waals surface area contributed by atoms with Crippen LogP contribution in [0, 0.1) is 0 Å². The summed E-state index contributed by atoms with van der Waals surface area (Å²) in [6.07, 6.45) is 1.95. The number of oxime groups is 1. The minimum Gasteiger partial charge on any atom is -0.456 e. The van der Waals surface area contributed by atoms with Crippen LogP contribution in [-0.4, -0.2) is 24.2 Å². The van der Waals surface area contributed by atoms with Crippen LogP contribution in [0.1, 0.15) is 18.1 Å². The zero-order valence-corrected chi connectivity index (χ0v) is 17.2. The van der Waals surface area contributed by atoms with Gasteiger partial charge in [0.1, 0.15) is 30.1 Å². The zero-order chi connectivity index (χ0) is 21.0. The summed E-state index contributed by atoms with van der Waals surface area (Å²) in [5.74, 6) is 0.652. The maximum Gasteiger partial charge on any atom is 0.356 e. The molecule has 0 unspecified atom stereocenters. The number of hydroxylamine groups is 2. The lowest BCUT2D eigenvalue weighted by molar-refractivity contribution is -0.134. The molecule has 5 rings (SSSR count). The highest BCUT2D eigenvalue weighted by molar-refractivity contribution is 6.05. The fraction of sp³-hybridized carbons (Fsp3) is 0.160. The molecule has 4 aromatic rings. The topological polar surface area (TPSA) is 56.4 Å². The number of rotatable bonds is 5. The largest absolute Gasteiger partial charge is 0.456 e. The molecule has 2 heterocycles. The number of benzene rings is 3. The van der Waals surface area contributed by atoms with Crippen LogP contribution in [0.3, 0.4) is 0 Å². The summed E-state index contributed by atoms with van der Waals surface area (Å²) < 4.78 is 11.9. The number of furan rings is 1. The number of para-hydroxylation sites is 1. The van der Waals surface area contributed by atoms with Crippen molar-refractivity contribution in [2.24, 2.45) is 5.16 Å². The van der Waals surface area contributed by atoms with Crippen LogP contribution >= 0.6 is 0 Å². The van der Waals surface area contributed by atoms with Crippen molar-refractivity contribution in [1.29, 1.82) is 0 Å². The van der Waals surface area contributed by atoms with Crippen molar-refractivity contribution in [1.82, 2.24) is 5.06 Å². The average Bonchev–Trinajstić information content (AvgIpc) is 3.18. The molecule has 0 aliphatic carbocycles. The quantitative estimate of drug-likeness (QED) is 0.392. The second kappa shape index (κ2) is 8.53. The van der Waals surface area contributed by atoms with E-state index in [-0.39, 0.29) is 6.02 Å². The first kappa shape index (κ1) is 19.2. The molecule has 3 aromatic carbocycles. The number of hydrogen-bond acceptors (Lipinski definition) is 5. The first-order valence-electron chi connectivity index (χ1n) is 10.2. The van der Waals surface area contributed by atoms with Gasteiger partial charge in [-0.2, -0.15) is 0 Å². The SMILES string of the molecule is CCN1OC/C(=C\c2ccc3oc4ccccc4c3c2)OC1=NOCc1ccccc1. The van der Waals surface area contributed by atoms with E-state index in [1.807, 2.05) is 73.7 Å². The fourth-order valence-electron chi connectivity index (χ4n) is 3.51. The number of hydrogen-bond donors (Lipinski definition) is 0. The number of nitrogens with zero attached hydrogens (tertiary/aromatic N) is 2. The molecule has 0 saturated carbocycles. The lowest BCUT2D eigenvalue weighted by Crippen LogP contribution is -2.38. The molecule has 0 atom stereocenters. The van der Waals surface area contributed by atoms with Gasteiger partial charge in [-0.25, -0.2) is 5.06 Å². The molecule has 1 aromatic heterocycles. The molecular formula is C25H22N2O4. The van der Waals surface area contributed by atoms with Gasteiger partial charge in [-0.15, -0.1) is 0 Å². The highest BCUT2D eigenvalue weighted by Gasteiger charge is 2.22. The average molecular weight is 414 g/mol. The molecule has 31 heavy (non-hydrogen) atoms. The van der Waals surface area contributed by atoms with E-state index in [0.29, 0.717) is 25.5 Å². The number of amidine groups is 1. The van der Waals surface area contributed by atoms with Gasteiger partial charge in [0.25, 0.3) is 0 Å². The maximum absolute atomic E-state index is 5.98. The monoisotopic (exact) mass is 414 g/mol. The Morgan fingerprint density at radius 2 is 1.77 bits per heavy atom. The van der Waals surface area contributed by atoms with Crippen molar-refractivity contribution in [2.75, 3.05) is 13.2 Å². The Kier molecular flexibility index (Phi) is 5.29. The Hall–Kier alpha value is -3.77. The van der Waals surface area contributed by atoms with Crippen LogP contribution in [0.15, 0.2) is 88.1 Å². The summed E-state index contributed by atoms with van der Waals surface area (Å²) in [6.45, 7) is 3.22. The molecule has 1 aliphatic heterocycles. The second-order valence-corrected chi connectivity index (χ2v) is 7.17. The normalized spacial score (nSPS) is 16.9. The highest BCUT2D eigenvalue weighted by Crippen LogP contribution is 2.30. The minimum absolute atomic E-state index is 0.283. The predicted molar refractivity (Wildman–Crippen MR) is 120 cm³/mol. The van der Waals surface area contributed by atoms with E-state index in [0.717, 1.165) is 33.1 Å². The van der Waals surface area contributed by atoms with Crippen LogP contribution in [0.25, 0.3) is 28.0 Å². The third-order valence-corrected chi connectivity index (χ3v) is 5.03. The van der Waals surface area contributed by atoms with Crippen molar-refractivity contribution < 1.29 is 18.8 Å². The Morgan fingerprint density at radius 1 is 0.968 bits per heavy atom. The van der Waals surface area contributed by atoms with Crippen LogP contribution in [0.2, 0.25) is 0 Å². The smallest absolute Gasteiger partial charge is 0.356 e. The predicted octanol–water partition coefficient (Wildman–Crippen LogP) is 5.70. The van der Waals surface area contributed by atoms with E-state index < -0.39 is 0 Å². The van der Waals surface area contributed by atoms with Crippen molar-refractivity contribution in [3.8, 4) is 0 Å². The van der Waals surface area contributed by atoms with E-state index in [1.54, 1.807) is 5.06 Å². The molecular weight excluding hydrogens is 392 g/mol. The summed E-state index contributed by atoms with van der Waals surface area (Å²) in [5.41, 5.74) is 3.76. The summed E-state index contributed by atoms with van der Waals surface area (Å²) >= 11 is 0. The van der Waals surface area contributed by atoms with Gasteiger partial charge in [-0.3, -0.25) is 4.84 Å². The first-order chi connectivity index (χ1) is 15.3. The highest BCUT2D eigenvalue weighted by atomic mass is 16.8. The van der Waals surface area contributed by atoms with Gasteiger partial charge < -0.3 is 14.0 Å². The standard InChI is InChI=1S/C25H22N2O4/c1-2-27-25(26-28-16-18-8-4-3-5-9-18)30-20(17-29-27)14-19-12-13-24-22(15-19)21-10-6-7-11-23(21)31-24/h3-15H,2,16-17H2,1H3/b20-14+,26-25?. The van der Waals surface area contributed by atoms with Gasteiger partial charge in [0.05, 0.1) is 0 Å². The van der Waals surface area contributed by atoms with Gasteiger partial charge in [-0.1, -0.05) is 54.6 Å². The fourth-order valence-corrected chi connectivity index (χ4v) is 3.51. The van der Waals surface area contributed by atoms with Crippen LogP contribution in [0.4, 0.5) is 0 Å². The van der Waals surface area contributed by atoms with Gasteiger partial charge in [-0.05, 0) is 47.5 Å². The molecule has 0 amide bonds. The molecule has 1 aliphatic rings. The van der Waals surface area contributed by atoms with E-state index >= 15 is 0 Å². The molecule has 0 spiro atoms. The molecule has 6 nitrogen and oxygen atoms in total. The lowest BCUT2D eigenvalue weighted by atomic mass is 10.1. The minimum atomic E-state index is 0.283. The van der Waals surface area contributed by atoms with Crippen LogP contribution in [-0.2, 0) is 21.0 Å². The third-order valence-electron chi connectivity index (χ3n) is 5.03. The summed E-state index contributed by atoms with van der Waals surface area (Å²) in [4.78, 5) is 11.3. The van der Waals surface area contributed by atoms with Crippen molar-refractivity contribution in [3.05, 3.63) is 89.7 Å². The van der Waals surface area contributed by atoms with E-state index in [4.69, 9.17) is 18.8 Å². The Bertz CT molecular complexity index is 1260. The zero-order valence-electron chi connectivity index (χ0n) is 17.2. The maximum atomic E-state index is 5.98. The Labute approximate surface area is 179 Å². The molecule has 0 bridgehead atoms. The van der Waals surface area contributed by atoms with E-state index in [2.05, 4.69) is 17.3 Å².